The van der Waals surface area contributed by atoms with E-state index in [1.807, 2.05) is 0 Å². The van der Waals surface area contributed by atoms with Crippen molar-refractivity contribution < 1.29 is 13.2 Å². The predicted molar refractivity (Wildman–Crippen MR) is 41.7 cm³/mol. The van der Waals surface area contributed by atoms with Crippen molar-refractivity contribution in [2.45, 2.75) is 6.18 Å². The third-order valence-corrected chi connectivity index (χ3v) is 1.78. The molecule has 2 aromatic heterocycles. The van der Waals surface area contributed by atoms with Gasteiger partial charge >= 0.3 is 6.18 Å². The zero-order valence-electron chi connectivity index (χ0n) is 6.43. The summed E-state index contributed by atoms with van der Waals surface area (Å²) in [6.07, 6.45) is -3.40. The molecule has 1 N–H and O–H groups in total. The van der Waals surface area contributed by atoms with Crippen molar-refractivity contribution in [3.8, 4) is 0 Å². The first-order valence-electron chi connectivity index (χ1n) is 3.42. The highest BCUT2D eigenvalue weighted by Crippen LogP contribution is 2.29. The van der Waals surface area contributed by atoms with Gasteiger partial charge in [0.2, 0.25) is 5.82 Å². The molecule has 0 atom stereocenters. The smallest absolute Gasteiger partial charge is 0.333 e. The number of nitrogens with zero attached hydrogens (tertiary/aromatic N) is 3. The Bertz CT molecular complexity index is 477. The molecule has 0 saturated heterocycles. The van der Waals surface area contributed by atoms with Crippen LogP contribution in [-0.4, -0.2) is 20.2 Å². The molecule has 0 spiro atoms. The van der Waals surface area contributed by atoms with Crippen LogP contribution in [0.25, 0.3) is 11.0 Å². The van der Waals surface area contributed by atoms with Crippen molar-refractivity contribution in [1.29, 1.82) is 0 Å². The van der Waals surface area contributed by atoms with Crippen molar-refractivity contribution >= 4 is 22.6 Å². The van der Waals surface area contributed by atoms with Crippen LogP contribution in [-0.2, 0) is 6.18 Å². The second kappa shape index (κ2) is 2.81. The van der Waals surface area contributed by atoms with Crippen LogP contribution in [0.5, 0.6) is 0 Å². The molecule has 0 fully saturated rings. The van der Waals surface area contributed by atoms with Crippen LogP contribution in [0.15, 0.2) is 6.20 Å². The average Bonchev–Trinajstić information content (AvgIpc) is 2.48. The third kappa shape index (κ3) is 1.39. The normalized spacial score (nSPS) is 12.3. The molecule has 14 heavy (non-hydrogen) atoms. The molecule has 0 radical (unpaired) electrons. The average molecular weight is 223 g/mol. The van der Waals surface area contributed by atoms with Crippen LogP contribution in [0, 0.1) is 0 Å². The SMILES string of the molecule is FC(F)(F)c1nc2c(Cl)nncc2[nH]1. The first-order chi connectivity index (χ1) is 6.48. The Hall–Kier alpha value is -1.37. The molecule has 0 amide bonds. The van der Waals surface area contributed by atoms with Crippen molar-refractivity contribution in [2.24, 2.45) is 0 Å². The highest BCUT2D eigenvalue weighted by Gasteiger charge is 2.35. The maximum atomic E-state index is 12.2. The third-order valence-electron chi connectivity index (χ3n) is 1.53. The van der Waals surface area contributed by atoms with E-state index in [-0.39, 0.29) is 16.2 Å². The van der Waals surface area contributed by atoms with Gasteiger partial charge in [0.25, 0.3) is 0 Å². The van der Waals surface area contributed by atoms with Crippen LogP contribution in [0.2, 0.25) is 5.15 Å². The topological polar surface area (TPSA) is 54.5 Å². The molecule has 8 heteroatoms. The van der Waals surface area contributed by atoms with Gasteiger partial charge in [0.15, 0.2) is 5.15 Å². The molecule has 2 rings (SSSR count). The van der Waals surface area contributed by atoms with Gasteiger partial charge in [-0.1, -0.05) is 11.6 Å². The van der Waals surface area contributed by atoms with Crippen molar-refractivity contribution in [2.75, 3.05) is 0 Å². The van der Waals surface area contributed by atoms with E-state index >= 15 is 0 Å². The van der Waals surface area contributed by atoms with Gasteiger partial charge in [-0.15, -0.1) is 5.10 Å². The Kier molecular flexibility index (Phi) is 1.84. The minimum Gasteiger partial charge on any atom is -0.333 e. The van der Waals surface area contributed by atoms with Crippen LogP contribution in [0.4, 0.5) is 13.2 Å². The van der Waals surface area contributed by atoms with Gasteiger partial charge < -0.3 is 4.98 Å². The van der Waals surface area contributed by atoms with E-state index in [0.29, 0.717) is 0 Å². The fraction of sp³-hybridized carbons (Fsp3) is 0.167. The van der Waals surface area contributed by atoms with Crippen LogP contribution >= 0.6 is 11.6 Å². The van der Waals surface area contributed by atoms with E-state index in [0.717, 1.165) is 6.20 Å². The molecule has 0 bridgehead atoms. The van der Waals surface area contributed by atoms with E-state index in [1.54, 1.807) is 0 Å². The van der Waals surface area contributed by atoms with Gasteiger partial charge in [-0.3, -0.25) is 0 Å². The van der Waals surface area contributed by atoms with Gasteiger partial charge in [0.05, 0.1) is 11.7 Å². The summed E-state index contributed by atoms with van der Waals surface area (Å²) in [5.41, 5.74) is 0.0753. The molecule has 0 aliphatic carbocycles. The number of alkyl halides is 3. The number of nitrogens with one attached hydrogen (secondary N) is 1. The highest BCUT2D eigenvalue weighted by atomic mass is 35.5. The van der Waals surface area contributed by atoms with Gasteiger partial charge in [0.1, 0.15) is 5.52 Å². The molecule has 74 valence electrons. The second-order valence-corrected chi connectivity index (χ2v) is 2.84. The molecule has 0 saturated carbocycles. The van der Waals surface area contributed by atoms with E-state index in [2.05, 4.69) is 20.2 Å². The predicted octanol–water partition coefficient (Wildman–Crippen LogP) is 2.03. The molecule has 0 aliphatic heterocycles. The van der Waals surface area contributed by atoms with Gasteiger partial charge in [0, 0.05) is 0 Å². The van der Waals surface area contributed by atoms with E-state index in [9.17, 15) is 13.2 Å². The van der Waals surface area contributed by atoms with Crippen molar-refractivity contribution in [1.82, 2.24) is 20.2 Å². The second-order valence-electron chi connectivity index (χ2n) is 2.48. The quantitative estimate of drug-likeness (QED) is 0.742. The summed E-state index contributed by atoms with van der Waals surface area (Å²) in [6, 6.07) is 0. The first kappa shape index (κ1) is 9.20. The van der Waals surface area contributed by atoms with Gasteiger partial charge in [-0.25, -0.2) is 4.98 Å². The summed E-state index contributed by atoms with van der Waals surface area (Å²) < 4.78 is 36.5. The fourth-order valence-corrected chi connectivity index (χ4v) is 1.14. The number of aromatic amines is 1. The lowest BCUT2D eigenvalue weighted by Gasteiger charge is -1.98. The van der Waals surface area contributed by atoms with E-state index in [1.165, 1.54) is 0 Å². The number of H-pyrrole nitrogens is 1. The highest BCUT2D eigenvalue weighted by molar-refractivity contribution is 6.33. The van der Waals surface area contributed by atoms with Crippen molar-refractivity contribution in [3.05, 3.63) is 17.2 Å². The van der Waals surface area contributed by atoms with Crippen LogP contribution < -0.4 is 0 Å². The number of rotatable bonds is 0. The fourth-order valence-electron chi connectivity index (χ4n) is 0.956. The standard InChI is InChI=1S/C6H2ClF3N4/c7-4-3-2(1-11-14-4)12-5(13-3)6(8,9)10/h1H,(H,12,13). The van der Waals surface area contributed by atoms with Gasteiger partial charge in [-0.2, -0.15) is 18.3 Å². The summed E-state index contributed by atoms with van der Waals surface area (Å²) in [5, 5.41) is 6.60. The molecule has 0 unspecified atom stereocenters. The number of aromatic nitrogens is 4. The summed E-state index contributed by atoms with van der Waals surface area (Å²) in [5.74, 6) is -1.11. The lowest BCUT2D eigenvalue weighted by molar-refractivity contribution is -0.144. The Morgan fingerprint density at radius 1 is 1.36 bits per heavy atom. The lowest BCUT2D eigenvalue weighted by atomic mass is 10.5. The number of halogens is 4. The molecule has 2 aromatic rings. The monoisotopic (exact) mass is 222 g/mol. The minimum atomic E-state index is -4.53. The van der Waals surface area contributed by atoms with Crippen molar-refractivity contribution in [3.63, 3.8) is 0 Å². The Morgan fingerprint density at radius 2 is 2.07 bits per heavy atom. The van der Waals surface area contributed by atoms with Crippen LogP contribution in [0.1, 0.15) is 5.82 Å². The number of fused-ring (bicyclic) bond motifs is 1. The molecular formula is C6H2ClF3N4. The molecule has 0 aromatic carbocycles. The molecule has 0 aliphatic rings. The van der Waals surface area contributed by atoms with E-state index < -0.39 is 12.0 Å². The first-order valence-corrected chi connectivity index (χ1v) is 3.80. The maximum Gasteiger partial charge on any atom is 0.449 e. The number of imidazole rings is 1. The number of hydrogen-bond acceptors (Lipinski definition) is 3. The van der Waals surface area contributed by atoms with Crippen LogP contribution in [0.3, 0.4) is 0 Å². The largest absolute Gasteiger partial charge is 0.449 e. The zero-order chi connectivity index (χ0) is 10.3. The minimum absolute atomic E-state index is 0.0333. The van der Waals surface area contributed by atoms with Gasteiger partial charge in [-0.05, 0) is 0 Å². The summed E-state index contributed by atoms with van der Waals surface area (Å²) in [6.45, 7) is 0. The summed E-state index contributed by atoms with van der Waals surface area (Å²) in [4.78, 5) is 5.32. The van der Waals surface area contributed by atoms with E-state index in [4.69, 9.17) is 11.6 Å². The molecular weight excluding hydrogens is 221 g/mol. The maximum absolute atomic E-state index is 12.2. The zero-order valence-corrected chi connectivity index (χ0v) is 7.19. The number of hydrogen-bond donors (Lipinski definition) is 1. The lowest BCUT2D eigenvalue weighted by Crippen LogP contribution is -2.06. The Balaban J connectivity index is 2.69. The Labute approximate surface area is 80.1 Å². The summed E-state index contributed by atoms with van der Waals surface area (Å²) in [7, 11) is 0. The molecule has 4 nitrogen and oxygen atoms in total. The Morgan fingerprint density at radius 3 is 2.64 bits per heavy atom. The molecule has 2 heterocycles. The summed E-state index contributed by atoms with van der Waals surface area (Å²) >= 11 is 5.50.